The second-order valence-electron chi connectivity index (χ2n) is 6.00. The van der Waals surface area contributed by atoms with Crippen molar-refractivity contribution in [1.29, 1.82) is 0 Å². The molecule has 0 saturated heterocycles. The summed E-state index contributed by atoms with van der Waals surface area (Å²) < 4.78 is 33.9. The predicted octanol–water partition coefficient (Wildman–Crippen LogP) is 3.53. The Morgan fingerprint density at radius 1 is 1.14 bits per heavy atom. The van der Waals surface area contributed by atoms with Gasteiger partial charge in [-0.05, 0) is 29.8 Å². The number of carbonyl (C=O) groups is 2. The molecule has 0 saturated carbocycles. The number of ketones is 1. The van der Waals surface area contributed by atoms with Gasteiger partial charge in [0, 0.05) is 30.4 Å². The van der Waals surface area contributed by atoms with Gasteiger partial charge in [-0.1, -0.05) is 6.07 Å². The number of aliphatic hydroxyl groups is 1. The number of benzene rings is 2. The summed E-state index contributed by atoms with van der Waals surface area (Å²) >= 11 is 0. The Morgan fingerprint density at radius 3 is 2.43 bits per heavy atom. The molecule has 0 aliphatic carbocycles. The van der Waals surface area contributed by atoms with Crippen LogP contribution in [0, 0.1) is 11.6 Å². The zero-order chi connectivity index (χ0) is 20.4. The van der Waals surface area contributed by atoms with E-state index in [1.807, 2.05) is 0 Å². The Morgan fingerprint density at radius 2 is 1.82 bits per heavy atom. The maximum atomic E-state index is 13.5. The van der Waals surface area contributed by atoms with Gasteiger partial charge in [-0.2, -0.15) is 0 Å². The zero-order valence-electron chi connectivity index (χ0n) is 14.6. The second kappa shape index (κ2) is 7.51. The summed E-state index contributed by atoms with van der Waals surface area (Å²) in [4.78, 5) is 22.2. The Labute approximate surface area is 157 Å². The maximum Gasteiger partial charge on any atom is 0.376 e. The molecule has 0 bridgehead atoms. The minimum absolute atomic E-state index is 0.0680. The Kier molecular flexibility index (Phi) is 5.12. The summed E-state index contributed by atoms with van der Waals surface area (Å²) in [6.45, 7) is 0.0680. The number of hydrogen-bond donors (Lipinski definition) is 2. The van der Waals surface area contributed by atoms with E-state index in [-0.39, 0.29) is 12.1 Å². The molecular formula is C20H15F2NO5. The number of ether oxygens (including phenoxy) is 1. The van der Waals surface area contributed by atoms with E-state index in [2.05, 4.69) is 0 Å². The summed E-state index contributed by atoms with van der Waals surface area (Å²) in [5.41, 5.74) is 1.05. The highest BCUT2D eigenvalue weighted by molar-refractivity contribution is 6.38. The molecule has 0 unspecified atom stereocenters. The van der Waals surface area contributed by atoms with E-state index in [1.54, 1.807) is 22.8 Å². The molecule has 6 nitrogen and oxygen atoms in total. The van der Waals surface area contributed by atoms with E-state index < -0.39 is 29.1 Å². The molecule has 0 amide bonds. The van der Waals surface area contributed by atoms with Gasteiger partial charge in [-0.15, -0.1) is 0 Å². The number of aromatic nitrogens is 1. The highest BCUT2D eigenvalue weighted by Crippen LogP contribution is 2.34. The zero-order valence-corrected chi connectivity index (χ0v) is 14.6. The first-order chi connectivity index (χ1) is 13.3. The molecule has 144 valence electrons. The van der Waals surface area contributed by atoms with Crippen LogP contribution in [0.4, 0.5) is 8.78 Å². The number of methoxy groups -OCH3 is 1. The SMILES string of the molecule is COc1cccc2c1c(C(O)=CC(=O)C(=O)O)cn2Cc1cc(F)cc(F)c1. The number of nitrogens with zero attached hydrogens (tertiary/aromatic N) is 1. The highest BCUT2D eigenvalue weighted by Gasteiger charge is 2.18. The summed E-state index contributed by atoms with van der Waals surface area (Å²) in [7, 11) is 1.42. The fourth-order valence-electron chi connectivity index (χ4n) is 2.98. The molecule has 3 aromatic rings. The first-order valence-corrected chi connectivity index (χ1v) is 8.09. The standard InChI is InChI=1S/C20H15F2NO5/c1-28-18-4-2-3-15-19(18)14(16(24)8-17(25)20(26)27)10-23(15)9-11-5-12(21)7-13(22)6-11/h2-8,10,24H,9H2,1H3,(H,26,27). The monoisotopic (exact) mass is 387 g/mol. The number of carbonyl (C=O) groups excluding carboxylic acids is 1. The van der Waals surface area contributed by atoms with Crippen LogP contribution in [0.15, 0.2) is 48.7 Å². The average Bonchev–Trinajstić information content (AvgIpc) is 2.99. The van der Waals surface area contributed by atoms with Gasteiger partial charge < -0.3 is 19.5 Å². The topological polar surface area (TPSA) is 88.8 Å². The lowest BCUT2D eigenvalue weighted by molar-refractivity contribution is -0.146. The van der Waals surface area contributed by atoms with Crippen molar-refractivity contribution in [3.63, 3.8) is 0 Å². The Balaban J connectivity index is 2.17. The first-order valence-electron chi connectivity index (χ1n) is 8.09. The van der Waals surface area contributed by atoms with Gasteiger partial charge in [-0.25, -0.2) is 13.6 Å². The van der Waals surface area contributed by atoms with Gasteiger partial charge in [0.05, 0.1) is 18.0 Å². The molecule has 0 atom stereocenters. The molecule has 0 fully saturated rings. The normalized spacial score (nSPS) is 11.6. The molecule has 28 heavy (non-hydrogen) atoms. The van der Waals surface area contributed by atoms with E-state index in [0.717, 1.165) is 6.07 Å². The average molecular weight is 387 g/mol. The van der Waals surface area contributed by atoms with Crippen molar-refractivity contribution in [2.45, 2.75) is 6.54 Å². The van der Waals surface area contributed by atoms with Crippen molar-refractivity contribution in [1.82, 2.24) is 4.57 Å². The first kappa shape index (κ1) is 19.1. The molecule has 2 N–H and O–H groups in total. The van der Waals surface area contributed by atoms with E-state index in [1.165, 1.54) is 25.4 Å². The maximum absolute atomic E-state index is 13.5. The third kappa shape index (κ3) is 3.71. The number of aliphatic hydroxyl groups excluding tert-OH is 1. The van der Waals surface area contributed by atoms with Gasteiger partial charge in [0.1, 0.15) is 23.1 Å². The minimum Gasteiger partial charge on any atom is -0.507 e. The molecule has 0 aliphatic heterocycles. The predicted molar refractivity (Wildman–Crippen MR) is 97.2 cm³/mol. The third-order valence-electron chi connectivity index (χ3n) is 4.12. The third-order valence-corrected chi connectivity index (χ3v) is 4.12. The summed E-state index contributed by atoms with van der Waals surface area (Å²) in [5.74, 6) is -4.64. The largest absolute Gasteiger partial charge is 0.507 e. The molecule has 8 heteroatoms. The van der Waals surface area contributed by atoms with Crippen molar-refractivity contribution in [3.8, 4) is 5.75 Å². The molecule has 0 spiro atoms. The lowest BCUT2D eigenvalue weighted by atomic mass is 10.1. The van der Waals surface area contributed by atoms with Crippen LogP contribution in [0.5, 0.6) is 5.75 Å². The molecular weight excluding hydrogens is 372 g/mol. The van der Waals surface area contributed by atoms with E-state index in [0.29, 0.717) is 28.3 Å². The van der Waals surface area contributed by atoms with Crippen molar-refractivity contribution in [2.24, 2.45) is 0 Å². The molecule has 0 aliphatic rings. The molecule has 0 radical (unpaired) electrons. The van der Waals surface area contributed by atoms with Crippen LogP contribution in [-0.2, 0) is 16.1 Å². The molecule has 1 aromatic heterocycles. The van der Waals surface area contributed by atoms with Gasteiger partial charge in [-0.3, -0.25) is 4.79 Å². The van der Waals surface area contributed by atoms with Gasteiger partial charge in [0.15, 0.2) is 0 Å². The summed E-state index contributed by atoms with van der Waals surface area (Å²) in [5, 5.41) is 19.5. The fourth-order valence-corrected chi connectivity index (χ4v) is 2.98. The van der Waals surface area contributed by atoms with Crippen molar-refractivity contribution >= 4 is 28.4 Å². The van der Waals surface area contributed by atoms with Crippen LogP contribution in [0.2, 0.25) is 0 Å². The van der Waals surface area contributed by atoms with E-state index >= 15 is 0 Å². The van der Waals surface area contributed by atoms with Crippen LogP contribution >= 0.6 is 0 Å². The van der Waals surface area contributed by atoms with Crippen LogP contribution in [0.25, 0.3) is 16.7 Å². The van der Waals surface area contributed by atoms with Gasteiger partial charge >= 0.3 is 5.97 Å². The van der Waals surface area contributed by atoms with E-state index in [4.69, 9.17) is 9.84 Å². The minimum atomic E-state index is -1.71. The number of fused-ring (bicyclic) bond motifs is 1. The number of rotatable bonds is 6. The summed E-state index contributed by atoms with van der Waals surface area (Å²) in [6.07, 6.45) is 2.05. The van der Waals surface area contributed by atoms with Crippen LogP contribution in [0.3, 0.4) is 0 Å². The highest BCUT2D eigenvalue weighted by atomic mass is 19.1. The van der Waals surface area contributed by atoms with Crippen LogP contribution in [0.1, 0.15) is 11.1 Å². The van der Waals surface area contributed by atoms with Crippen molar-refractivity contribution in [3.05, 3.63) is 71.4 Å². The number of carboxylic acids is 1. The lowest BCUT2D eigenvalue weighted by Crippen LogP contribution is -2.09. The number of halogens is 2. The van der Waals surface area contributed by atoms with Crippen LogP contribution in [-0.4, -0.2) is 33.6 Å². The number of aliphatic carboxylic acids is 1. The van der Waals surface area contributed by atoms with E-state index in [9.17, 15) is 23.5 Å². The van der Waals surface area contributed by atoms with Gasteiger partial charge in [0.25, 0.3) is 5.78 Å². The smallest absolute Gasteiger partial charge is 0.376 e. The lowest BCUT2D eigenvalue weighted by Gasteiger charge is -2.07. The molecule has 1 heterocycles. The Bertz CT molecular complexity index is 1100. The van der Waals surface area contributed by atoms with Crippen molar-refractivity contribution < 1.29 is 33.3 Å². The fraction of sp³-hybridized carbons (Fsp3) is 0.100. The summed E-state index contributed by atoms with van der Waals surface area (Å²) in [6, 6.07) is 8.14. The number of hydrogen-bond acceptors (Lipinski definition) is 4. The molecule has 2 aromatic carbocycles. The number of carboxylic acid groups (broad SMARTS) is 1. The quantitative estimate of drug-likeness (QED) is 0.384. The van der Waals surface area contributed by atoms with Crippen molar-refractivity contribution in [2.75, 3.05) is 7.11 Å². The van der Waals surface area contributed by atoms with Gasteiger partial charge in [0.2, 0.25) is 0 Å². The second-order valence-corrected chi connectivity index (χ2v) is 6.00. The molecule has 3 rings (SSSR count). The Hall–Kier alpha value is -3.68. The van der Waals surface area contributed by atoms with Crippen LogP contribution < -0.4 is 4.74 Å².